The van der Waals surface area contributed by atoms with E-state index in [0.29, 0.717) is 11.6 Å². The molecule has 2 amide bonds. The van der Waals surface area contributed by atoms with Gasteiger partial charge >= 0.3 is 0 Å². The van der Waals surface area contributed by atoms with Crippen molar-refractivity contribution in [3.05, 3.63) is 29.8 Å². The molecule has 132 valence electrons. The molecule has 0 spiro atoms. The summed E-state index contributed by atoms with van der Waals surface area (Å²) in [6, 6.07) is 7.50. The minimum Gasteiger partial charge on any atom is -0.349 e. The van der Waals surface area contributed by atoms with E-state index >= 15 is 0 Å². The summed E-state index contributed by atoms with van der Waals surface area (Å²) in [6.07, 6.45) is 6.33. The zero-order valence-electron chi connectivity index (χ0n) is 13.8. The van der Waals surface area contributed by atoms with E-state index < -0.39 is 0 Å². The fourth-order valence-corrected chi connectivity index (χ4v) is 3.37. The van der Waals surface area contributed by atoms with Crippen LogP contribution in [0.25, 0.3) is 0 Å². The summed E-state index contributed by atoms with van der Waals surface area (Å²) in [7, 11) is 0. The van der Waals surface area contributed by atoms with Crippen molar-refractivity contribution in [2.75, 3.05) is 18.4 Å². The van der Waals surface area contributed by atoms with Crippen LogP contribution in [0.5, 0.6) is 0 Å². The fraction of sp³-hybridized carbons (Fsp3) is 0.556. The van der Waals surface area contributed by atoms with Gasteiger partial charge in [-0.05, 0) is 63.0 Å². The van der Waals surface area contributed by atoms with Crippen molar-refractivity contribution in [2.24, 2.45) is 5.92 Å². The first-order valence-electron chi connectivity index (χ1n) is 8.65. The number of amides is 2. The zero-order chi connectivity index (χ0) is 16.1. The molecule has 24 heavy (non-hydrogen) atoms. The van der Waals surface area contributed by atoms with E-state index in [9.17, 15) is 9.59 Å². The third-order valence-corrected chi connectivity index (χ3v) is 4.81. The highest BCUT2D eigenvalue weighted by atomic mass is 35.5. The third kappa shape index (κ3) is 4.95. The van der Waals surface area contributed by atoms with Crippen LogP contribution in [0.1, 0.15) is 48.9 Å². The molecule has 6 heteroatoms. The first kappa shape index (κ1) is 18.7. The average Bonchev–Trinajstić information content (AvgIpc) is 3.09. The number of piperidine rings is 1. The van der Waals surface area contributed by atoms with Crippen LogP contribution in [0.3, 0.4) is 0 Å². The average molecular weight is 352 g/mol. The highest BCUT2D eigenvalue weighted by Gasteiger charge is 2.21. The Hall–Kier alpha value is -1.59. The lowest BCUT2D eigenvalue weighted by Gasteiger charge is -2.21. The zero-order valence-corrected chi connectivity index (χ0v) is 14.7. The monoisotopic (exact) mass is 351 g/mol. The maximum atomic E-state index is 12.2. The van der Waals surface area contributed by atoms with Crippen LogP contribution in [0.15, 0.2) is 24.3 Å². The van der Waals surface area contributed by atoms with Gasteiger partial charge in [0.25, 0.3) is 5.91 Å². The summed E-state index contributed by atoms with van der Waals surface area (Å²) in [5.74, 6) is 0.143. The van der Waals surface area contributed by atoms with Crippen LogP contribution in [-0.4, -0.2) is 30.9 Å². The molecule has 5 nitrogen and oxygen atoms in total. The quantitative estimate of drug-likeness (QED) is 0.781. The molecule has 3 rings (SSSR count). The van der Waals surface area contributed by atoms with Crippen molar-refractivity contribution in [3.8, 4) is 0 Å². The van der Waals surface area contributed by atoms with Crippen molar-refractivity contribution in [2.45, 2.75) is 44.6 Å². The molecule has 1 aliphatic heterocycles. The van der Waals surface area contributed by atoms with Crippen molar-refractivity contribution in [1.82, 2.24) is 10.6 Å². The molecule has 0 radical (unpaired) electrons. The van der Waals surface area contributed by atoms with Crippen molar-refractivity contribution in [3.63, 3.8) is 0 Å². The van der Waals surface area contributed by atoms with Crippen LogP contribution in [0, 0.1) is 5.92 Å². The van der Waals surface area contributed by atoms with Gasteiger partial charge in [-0.15, -0.1) is 12.4 Å². The molecule has 0 atom stereocenters. The number of carbonyl (C=O) groups is 2. The molecule has 1 saturated heterocycles. The maximum Gasteiger partial charge on any atom is 0.251 e. The normalized spacial score (nSPS) is 18.7. The first-order chi connectivity index (χ1) is 11.2. The lowest BCUT2D eigenvalue weighted by Crippen LogP contribution is -2.34. The Morgan fingerprint density at radius 2 is 1.58 bits per heavy atom. The lowest BCUT2D eigenvalue weighted by atomic mass is 9.97. The summed E-state index contributed by atoms with van der Waals surface area (Å²) in [5, 5.41) is 9.28. The van der Waals surface area contributed by atoms with E-state index in [1.807, 2.05) is 12.1 Å². The number of nitrogens with one attached hydrogen (secondary N) is 3. The lowest BCUT2D eigenvalue weighted by molar-refractivity contribution is -0.120. The predicted molar refractivity (Wildman–Crippen MR) is 97.6 cm³/mol. The Labute approximate surface area is 149 Å². The maximum absolute atomic E-state index is 12.2. The van der Waals surface area contributed by atoms with Crippen LogP contribution < -0.4 is 16.0 Å². The molecule has 1 heterocycles. The summed E-state index contributed by atoms with van der Waals surface area (Å²) < 4.78 is 0. The molecular weight excluding hydrogens is 326 g/mol. The number of halogens is 1. The largest absolute Gasteiger partial charge is 0.349 e. The van der Waals surface area contributed by atoms with Gasteiger partial charge in [-0.3, -0.25) is 9.59 Å². The van der Waals surface area contributed by atoms with E-state index in [-0.39, 0.29) is 30.1 Å². The Balaban J connectivity index is 0.00000208. The van der Waals surface area contributed by atoms with Gasteiger partial charge in [0.05, 0.1) is 0 Å². The second-order valence-electron chi connectivity index (χ2n) is 6.55. The molecule has 0 aromatic heterocycles. The smallest absolute Gasteiger partial charge is 0.251 e. The summed E-state index contributed by atoms with van der Waals surface area (Å²) in [6.45, 7) is 1.80. The molecule has 0 bridgehead atoms. The van der Waals surface area contributed by atoms with Gasteiger partial charge in [0.15, 0.2) is 0 Å². The molecule has 3 N–H and O–H groups in total. The Morgan fingerprint density at radius 1 is 0.958 bits per heavy atom. The standard InChI is InChI=1S/C18H25N3O2.ClH/c22-17(20-15-3-1-2-4-15)13-5-7-16(8-6-13)21-18(23)14-9-11-19-12-10-14;/h5-8,14-15,19H,1-4,9-12H2,(H,20,22)(H,21,23);1H. The Bertz CT molecular complexity index is 550. The van der Waals surface area contributed by atoms with Gasteiger partial charge < -0.3 is 16.0 Å². The van der Waals surface area contributed by atoms with Gasteiger partial charge in [0, 0.05) is 23.2 Å². The van der Waals surface area contributed by atoms with Gasteiger partial charge in [0.1, 0.15) is 0 Å². The predicted octanol–water partition coefficient (Wildman–Crippen LogP) is 2.72. The SMILES string of the molecule is Cl.O=C(NC1CCCC1)c1ccc(NC(=O)C2CCNCC2)cc1. The summed E-state index contributed by atoms with van der Waals surface area (Å²) in [4.78, 5) is 24.4. The van der Waals surface area contributed by atoms with Crippen molar-refractivity contribution in [1.29, 1.82) is 0 Å². The summed E-state index contributed by atoms with van der Waals surface area (Å²) in [5.41, 5.74) is 1.41. The van der Waals surface area contributed by atoms with E-state index in [4.69, 9.17) is 0 Å². The molecular formula is C18H26ClN3O2. The summed E-state index contributed by atoms with van der Waals surface area (Å²) >= 11 is 0. The number of carbonyl (C=O) groups excluding carboxylic acids is 2. The van der Waals surface area contributed by atoms with Gasteiger partial charge in [0.2, 0.25) is 5.91 Å². The van der Waals surface area contributed by atoms with Crippen LogP contribution in [0.2, 0.25) is 0 Å². The first-order valence-corrected chi connectivity index (χ1v) is 8.65. The minimum atomic E-state index is -0.0202. The number of anilines is 1. The number of rotatable bonds is 4. The third-order valence-electron chi connectivity index (χ3n) is 4.81. The highest BCUT2D eigenvalue weighted by Crippen LogP contribution is 2.19. The van der Waals surface area contributed by atoms with E-state index in [1.165, 1.54) is 12.8 Å². The molecule has 1 saturated carbocycles. The van der Waals surface area contributed by atoms with Crippen LogP contribution in [-0.2, 0) is 4.79 Å². The highest BCUT2D eigenvalue weighted by molar-refractivity contribution is 5.96. The molecule has 1 aromatic rings. The second-order valence-corrected chi connectivity index (χ2v) is 6.55. The van der Waals surface area contributed by atoms with E-state index in [0.717, 1.165) is 44.5 Å². The van der Waals surface area contributed by atoms with Crippen LogP contribution >= 0.6 is 12.4 Å². The van der Waals surface area contributed by atoms with Gasteiger partial charge in [-0.1, -0.05) is 12.8 Å². The molecule has 2 fully saturated rings. The van der Waals surface area contributed by atoms with Crippen molar-refractivity contribution >= 4 is 29.9 Å². The Kier molecular flexibility index (Phi) is 7.06. The molecule has 2 aliphatic rings. The van der Waals surface area contributed by atoms with E-state index in [2.05, 4.69) is 16.0 Å². The number of hydrogen-bond donors (Lipinski definition) is 3. The minimum absolute atomic E-state index is 0. The number of benzene rings is 1. The van der Waals surface area contributed by atoms with Gasteiger partial charge in [-0.25, -0.2) is 0 Å². The topological polar surface area (TPSA) is 70.2 Å². The molecule has 0 unspecified atom stereocenters. The van der Waals surface area contributed by atoms with E-state index in [1.54, 1.807) is 12.1 Å². The molecule has 1 aliphatic carbocycles. The Morgan fingerprint density at radius 3 is 2.21 bits per heavy atom. The van der Waals surface area contributed by atoms with Crippen molar-refractivity contribution < 1.29 is 9.59 Å². The van der Waals surface area contributed by atoms with Gasteiger partial charge in [-0.2, -0.15) is 0 Å². The molecule has 1 aromatic carbocycles. The second kappa shape index (κ2) is 9.04. The fourth-order valence-electron chi connectivity index (χ4n) is 3.37. The number of hydrogen-bond acceptors (Lipinski definition) is 3. The van der Waals surface area contributed by atoms with Crippen LogP contribution in [0.4, 0.5) is 5.69 Å².